The van der Waals surface area contributed by atoms with Crippen molar-refractivity contribution < 1.29 is 19.7 Å². The van der Waals surface area contributed by atoms with Gasteiger partial charge in [0.15, 0.2) is 6.61 Å². The number of hydrogen-bond donors (Lipinski definition) is 2. The first kappa shape index (κ1) is 16.7. The number of carbonyl (C=O) groups is 1. The van der Waals surface area contributed by atoms with E-state index in [-0.39, 0.29) is 19.1 Å². The van der Waals surface area contributed by atoms with Crippen LogP contribution in [0.5, 0.6) is 5.75 Å². The first-order valence-corrected chi connectivity index (χ1v) is 7.61. The van der Waals surface area contributed by atoms with Crippen molar-refractivity contribution in [2.45, 2.75) is 19.4 Å². The molecule has 0 fully saturated rings. The Labute approximate surface area is 130 Å². The standard InChI is InChI=1S/C16H24N2O4/c1-3-18(8-9-19)7-6-14(20)12-4-5-15-13(10-12)17(2)16(21)11-22-15/h4-5,10,14,19-20H,3,6-9,11H2,1-2H3. The molecule has 6 nitrogen and oxygen atoms in total. The Bertz CT molecular complexity index is 521. The summed E-state index contributed by atoms with van der Waals surface area (Å²) in [6.45, 7) is 4.35. The molecule has 1 atom stereocenters. The highest BCUT2D eigenvalue weighted by molar-refractivity contribution is 5.97. The van der Waals surface area contributed by atoms with E-state index >= 15 is 0 Å². The van der Waals surface area contributed by atoms with Gasteiger partial charge in [-0.2, -0.15) is 0 Å². The van der Waals surface area contributed by atoms with Crippen LogP contribution in [0.4, 0.5) is 5.69 Å². The lowest BCUT2D eigenvalue weighted by Gasteiger charge is -2.27. The minimum Gasteiger partial charge on any atom is -0.482 e. The molecule has 6 heteroatoms. The molecule has 22 heavy (non-hydrogen) atoms. The topological polar surface area (TPSA) is 73.2 Å². The number of nitrogens with zero attached hydrogens (tertiary/aromatic N) is 2. The second-order valence-electron chi connectivity index (χ2n) is 5.43. The second kappa shape index (κ2) is 7.58. The SMILES string of the molecule is CCN(CCO)CCC(O)c1ccc2c(c1)N(C)C(=O)CO2. The van der Waals surface area contributed by atoms with Crippen LogP contribution in [-0.4, -0.2) is 60.9 Å². The van der Waals surface area contributed by atoms with E-state index in [1.54, 1.807) is 24.1 Å². The molecular formula is C16H24N2O4. The number of aliphatic hydroxyl groups is 2. The van der Waals surface area contributed by atoms with E-state index in [0.29, 0.717) is 30.9 Å². The molecule has 1 aliphatic heterocycles. The van der Waals surface area contributed by atoms with Crippen LogP contribution in [0.15, 0.2) is 18.2 Å². The number of aliphatic hydroxyl groups excluding tert-OH is 2. The first-order chi connectivity index (χ1) is 10.6. The molecule has 0 aliphatic carbocycles. The molecule has 0 spiro atoms. The van der Waals surface area contributed by atoms with Gasteiger partial charge in [0.05, 0.1) is 18.4 Å². The Morgan fingerprint density at radius 2 is 2.18 bits per heavy atom. The van der Waals surface area contributed by atoms with Crippen molar-refractivity contribution in [2.24, 2.45) is 0 Å². The molecule has 2 rings (SSSR count). The maximum atomic E-state index is 11.7. The fourth-order valence-corrected chi connectivity index (χ4v) is 2.54. The molecule has 0 saturated carbocycles. The highest BCUT2D eigenvalue weighted by Gasteiger charge is 2.23. The van der Waals surface area contributed by atoms with Crippen molar-refractivity contribution in [3.05, 3.63) is 23.8 Å². The maximum absolute atomic E-state index is 11.7. The Kier molecular flexibility index (Phi) is 5.76. The Morgan fingerprint density at radius 3 is 2.86 bits per heavy atom. The zero-order chi connectivity index (χ0) is 16.1. The van der Waals surface area contributed by atoms with Gasteiger partial charge in [-0.05, 0) is 30.7 Å². The molecular weight excluding hydrogens is 284 g/mol. The van der Waals surface area contributed by atoms with Crippen molar-refractivity contribution in [3.8, 4) is 5.75 Å². The number of fused-ring (bicyclic) bond motifs is 1. The van der Waals surface area contributed by atoms with Gasteiger partial charge in [0, 0.05) is 20.1 Å². The van der Waals surface area contributed by atoms with Crippen LogP contribution < -0.4 is 9.64 Å². The van der Waals surface area contributed by atoms with Crippen LogP contribution in [0.2, 0.25) is 0 Å². The number of likely N-dealkylation sites (N-methyl/N-ethyl adjacent to an activating group) is 2. The van der Waals surface area contributed by atoms with Gasteiger partial charge < -0.3 is 24.7 Å². The Balaban J connectivity index is 2.04. The Morgan fingerprint density at radius 1 is 1.41 bits per heavy atom. The van der Waals surface area contributed by atoms with Crippen LogP contribution in [0.1, 0.15) is 25.0 Å². The van der Waals surface area contributed by atoms with E-state index < -0.39 is 6.10 Å². The summed E-state index contributed by atoms with van der Waals surface area (Å²) < 4.78 is 5.38. The van der Waals surface area contributed by atoms with Crippen LogP contribution in [0, 0.1) is 0 Å². The van der Waals surface area contributed by atoms with Crippen LogP contribution in [-0.2, 0) is 4.79 Å². The number of anilines is 1. The van der Waals surface area contributed by atoms with E-state index in [0.717, 1.165) is 12.1 Å². The monoisotopic (exact) mass is 308 g/mol. The highest BCUT2D eigenvalue weighted by atomic mass is 16.5. The fourth-order valence-electron chi connectivity index (χ4n) is 2.54. The fraction of sp³-hybridized carbons (Fsp3) is 0.562. The van der Waals surface area contributed by atoms with Crippen LogP contribution in [0.3, 0.4) is 0 Å². The zero-order valence-electron chi connectivity index (χ0n) is 13.2. The normalized spacial score (nSPS) is 15.7. The molecule has 0 bridgehead atoms. The summed E-state index contributed by atoms with van der Waals surface area (Å²) in [5.74, 6) is 0.563. The lowest BCUT2D eigenvalue weighted by molar-refractivity contribution is -0.120. The van der Waals surface area contributed by atoms with Crippen LogP contribution in [0.25, 0.3) is 0 Å². The predicted molar refractivity (Wildman–Crippen MR) is 84.1 cm³/mol. The molecule has 0 saturated heterocycles. The highest BCUT2D eigenvalue weighted by Crippen LogP contribution is 2.34. The molecule has 1 unspecified atom stereocenters. The number of rotatable bonds is 7. The molecule has 122 valence electrons. The van der Waals surface area contributed by atoms with Gasteiger partial charge in [-0.25, -0.2) is 0 Å². The summed E-state index contributed by atoms with van der Waals surface area (Å²) in [6, 6.07) is 5.43. The van der Waals surface area contributed by atoms with Crippen molar-refractivity contribution in [3.63, 3.8) is 0 Å². The summed E-state index contributed by atoms with van der Waals surface area (Å²) in [6.07, 6.45) is -0.0333. The lowest BCUT2D eigenvalue weighted by atomic mass is 10.0. The molecule has 0 aromatic heterocycles. The van der Waals surface area contributed by atoms with E-state index in [2.05, 4.69) is 4.90 Å². The number of ether oxygens (including phenoxy) is 1. The largest absolute Gasteiger partial charge is 0.482 e. The third-order valence-corrected chi connectivity index (χ3v) is 4.04. The van der Waals surface area contributed by atoms with Crippen molar-refractivity contribution in [1.82, 2.24) is 4.90 Å². The third-order valence-electron chi connectivity index (χ3n) is 4.04. The van der Waals surface area contributed by atoms with Crippen molar-refractivity contribution in [2.75, 3.05) is 44.8 Å². The molecule has 0 radical (unpaired) electrons. The first-order valence-electron chi connectivity index (χ1n) is 7.61. The predicted octanol–water partition coefficient (Wildman–Crippen LogP) is 0.780. The average Bonchev–Trinajstić information content (AvgIpc) is 2.54. The van der Waals surface area contributed by atoms with Gasteiger partial charge >= 0.3 is 0 Å². The van der Waals surface area contributed by atoms with Gasteiger partial charge in [0.1, 0.15) is 5.75 Å². The van der Waals surface area contributed by atoms with Crippen LogP contribution >= 0.6 is 0 Å². The van der Waals surface area contributed by atoms with Gasteiger partial charge in [-0.3, -0.25) is 4.79 Å². The van der Waals surface area contributed by atoms with E-state index in [4.69, 9.17) is 9.84 Å². The quantitative estimate of drug-likeness (QED) is 0.779. The zero-order valence-corrected chi connectivity index (χ0v) is 13.2. The van der Waals surface area contributed by atoms with Gasteiger partial charge in [-0.15, -0.1) is 0 Å². The van der Waals surface area contributed by atoms with E-state index in [9.17, 15) is 9.90 Å². The number of hydrogen-bond acceptors (Lipinski definition) is 5. The molecule has 1 aromatic rings. The Hall–Kier alpha value is -1.63. The summed E-state index contributed by atoms with van der Waals surface area (Å²) in [4.78, 5) is 15.3. The number of benzene rings is 1. The molecule has 1 heterocycles. The van der Waals surface area contributed by atoms with E-state index in [1.165, 1.54) is 0 Å². The minimum atomic E-state index is -0.608. The second-order valence-corrected chi connectivity index (χ2v) is 5.43. The molecule has 1 aromatic carbocycles. The summed E-state index contributed by atoms with van der Waals surface area (Å²) >= 11 is 0. The van der Waals surface area contributed by atoms with Gasteiger partial charge in [-0.1, -0.05) is 13.0 Å². The smallest absolute Gasteiger partial charge is 0.264 e. The molecule has 2 N–H and O–H groups in total. The van der Waals surface area contributed by atoms with Crippen molar-refractivity contribution in [1.29, 1.82) is 0 Å². The minimum absolute atomic E-state index is 0.0536. The van der Waals surface area contributed by atoms with E-state index in [1.807, 2.05) is 13.0 Å². The average molecular weight is 308 g/mol. The number of carbonyl (C=O) groups excluding carboxylic acids is 1. The number of amides is 1. The summed E-state index contributed by atoms with van der Waals surface area (Å²) in [5, 5.41) is 19.3. The summed E-state index contributed by atoms with van der Waals surface area (Å²) in [5.41, 5.74) is 1.46. The van der Waals surface area contributed by atoms with Crippen molar-refractivity contribution >= 4 is 11.6 Å². The lowest BCUT2D eigenvalue weighted by Crippen LogP contribution is -2.35. The van der Waals surface area contributed by atoms with Gasteiger partial charge in [0.2, 0.25) is 0 Å². The third kappa shape index (κ3) is 3.76. The molecule has 1 aliphatic rings. The maximum Gasteiger partial charge on any atom is 0.264 e. The summed E-state index contributed by atoms with van der Waals surface area (Å²) in [7, 11) is 1.71. The van der Waals surface area contributed by atoms with Gasteiger partial charge in [0.25, 0.3) is 5.91 Å². The molecule has 1 amide bonds.